The fourth-order valence-corrected chi connectivity index (χ4v) is 2.48. The summed E-state index contributed by atoms with van der Waals surface area (Å²) < 4.78 is 23.6. The number of ether oxygens (including phenoxy) is 2. The number of carbonyl (C=O) groups is 1. The second kappa shape index (κ2) is 10.4. The van der Waals surface area contributed by atoms with E-state index in [1.807, 2.05) is 36.2 Å². The number of hydrogen-bond donors (Lipinski definition) is 1. The molecule has 0 saturated heterocycles. The second-order valence-corrected chi connectivity index (χ2v) is 5.95. The van der Waals surface area contributed by atoms with Crippen LogP contribution in [0.1, 0.15) is 5.56 Å². The Kier molecular flexibility index (Phi) is 7.89. The molecule has 2 rings (SSSR count). The summed E-state index contributed by atoms with van der Waals surface area (Å²) in [4.78, 5) is 13.9. The van der Waals surface area contributed by atoms with Crippen LogP contribution in [0.3, 0.4) is 0 Å². The van der Waals surface area contributed by atoms with Crippen molar-refractivity contribution in [2.75, 3.05) is 40.4 Å². The molecular formula is C20H25FN2O3. The highest BCUT2D eigenvalue weighted by atomic mass is 19.1. The Morgan fingerprint density at radius 1 is 1.15 bits per heavy atom. The Morgan fingerprint density at radius 3 is 2.62 bits per heavy atom. The van der Waals surface area contributed by atoms with Gasteiger partial charge in [0.05, 0.1) is 13.7 Å². The third-order valence-electron chi connectivity index (χ3n) is 3.88. The first-order chi connectivity index (χ1) is 12.6. The molecule has 0 radical (unpaired) electrons. The van der Waals surface area contributed by atoms with Gasteiger partial charge in [0, 0.05) is 13.1 Å². The van der Waals surface area contributed by atoms with Gasteiger partial charge in [0.2, 0.25) is 5.91 Å². The number of para-hydroxylation sites is 1. The number of amides is 1. The van der Waals surface area contributed by atoms with Crippen LogP contribution in [0.15, 0.2) is 48.5 Å². The van der Waals surface area contributed by atoms with Crippen molar-refractivity contribution >= 4 is 5.91 Å². The fourth-order valence-electron chi connectivity index (χ4n) is 2.48. The molecule has 0 aliphatic carbocycles. The summed E-state index contributed by atoms with van der Waals surface area (Å²) in [6.07, 6.45) is 0.715. The van der Waals surface area contributed by atoms with Crippen molar-refractivity contribution in [1.82, 2.24) is 10.2 Å². The third-order valence-corrected chi connectivity index (χ3v) is 3.88. The molecule has 0 saturated carbocycles. The molecule has 26 heavy (non-hydrogen) atoms. The molecule has 1 N–H and O–H groups in total. The largest absolute Gasteiger partial charge is 0.496 e. The lowest BCUT2D eigenvalue weighted by atomic mass is 10.1. The molecule has 6 heteroatoms. The van der Waals surface area contributed by atoms with Crippen LogP contribution in [-0.2, 0) is 11.2 Å². The monoisotopic (exact) mass is 360 g/mol. The van der Waals surface area contributed by atoms with Crippen LogP contribution in [0.2, 0.25) is 0 Å². The van der Waals surface area contributed by atoms with Crippen LogP contribution >= 0.6 is 0 Å². The Labute approximate surface area is 153 Å². The summed E-state index contributed by atoms with van der Waals surface area (Å²) in [6.45, 7) is 1.87. The van der Waals surface area contributed by atoms with Gasteiger partial charge in [-0.3, -0.25) is 9.69 Å². The number of halogens is 1. The van der Waals surface area contributed by atoms with Gasteiger partial charge in [0.1, 0.15) is 23.9 Å². The summed E-state index contributed by atoms with van der Waals surface area (Å²) in [5, 5.41) is 2.91. The van der Waals surface area contributed by atoms with Gasteiger partial charge < -0.3 is 14.8 Å². The first kappa shape index (κ1) is 19.7. The van der Waals surface area contributed by atoms with E-state index >= 15 is 0 Å². The summed E-state index contributed by atoms with van der Waals surface area (Å²) in [5.41, 5.74) is 1.07. The number of nitrogens with one attached hydrogen (secondary N) is 1. The van der Waals surface area contributed by atoms with Gasteiger partial charge in [-0.05, 0) is 49.4 Å². The van der Waals surface area contributed by atoms with E-state index in [1.54, 1.807) is 19.2 Å². The molecule has 0 aliphatic heterocycles. The van der Waals surface area contributed by atoms with Crippen LogP contribution in [0, 0.1) is 5.82 Å². The highest BCUT2D eigenvalue weighted by Crippen LogP contribution is 2.17. The third kappa shape index (κ3) is 6.72. The van der Waals surface area contributed by atoms with E-state index in [2.05, 4.69) is 5.32 Å². The smallest absolute Gasteiger partial charge is 0.234 e. The highest BCUT2D eigenvalue weighted by Gasteiger charge is 2.07. The number of benzene rings is 2. The van der Waals surface area contributed by atoms with Gasteiger partial charge in [-0.15, -0.1) is 0 Å². The van der Waals surface area contributed by atoms with E-state index in [0.29, 0.717) is 38.4 Å². The van der Waals surface area contributed by atoms with E-state index in [0.717, 1.165) is 11.3 Å². The van der Waals surface area contributed by atoms with Gasteiger partial charge in [-0.2, -0.15) is 0 Å². The van der Waals surface area contributed by atoms with Crippen molar-refractivity contribution < 1.29 is 18.7 Å². The Hall–Kier alpha value is -2.60. The zero-order valence-electron chi connectivity index (χ0n) is 15.2. The lowest BCUT2D eigenvalue weighted by molar-refractivity contribution is -0.121. The number of nitrogens with zero attached hydrogens (tertiary/aromatic N) is 1. The summed E-state index contributed by atoms with van der Waals surface area (Å²) >= 11 is 0. The SMILES string of the molecule is COc1ccccc1CCNC(=O)CN(C)CCOc1ccc(F)cc1. The van der Waals surface area contributed by atoms with Gasteiger partial charge >= 0.3 is 0 Å². The zero-order valence-corrected chi connectivity index (χ0v) is 15.2. The fraction of sp³-hybridized carbons (Fsp3) is 0.350. The van der Waals surface area contributed by atoms with Gasteiger partial charge in [0.25, 0.3) is 0 Å². The molecule has 0 fully saturated rings. The van der Waals surface area contributed by atoms with Crippen LogP contribution in [-0.4, -0.2) is 51.2 Å². The molecular weight excluding hydrogens is 335 g/mol. The van der Waals surface area contributed by atoms with Gasteiger partial charge in [-0.25, -0.2) is 4.39 Å². The van der Waals surface area contributed by atoms with Crippen LogP contribution in [0.4, 0.5) is 4.39 Å². The quantitative estimate of drug-likeness (QED) is 0.707. The van der Waals surface area contributed by atoms with E-state index in [9.17, 15) is 9.18 Å². The first-order valence-electron chi connectivity index (χ1n) is 8.54. The molecule has 0 atom stereocenters. The lowest BCUT2D eigenvalue weighted by Crippen LogP contribution is -2.37. The van der Waals surface area contributed by atoms with Crippen molar-refractivity contribution in [2.45, 2.75) is 6.42 Å². The maximum absolute atomic E-state index is 12.8. The number of hydrogen-bond acceptors (Lipinski definition) is 4. The molecule has 2 aromatic carbocycles. The van der Waals surface area contributed by atoms with E-state index in [-0.39, 0.29) is 11.7 Å². The number of likely N-dealkylation sites (N-methyl/N-ethyl adjacent to an activating group) is 1. The lowest BCUT2D eigenvalue weighted by Gasteiger charge is -2.17. The van der Waals surface area contributed by atoms with E-state index < -0.39 is 0 Å². The topological polar surface area (TPSA) is 50.8 Å². The predicted octanol–water partition coefficient (Wildman–Crippen LogP) is 2.50. The molecule has 0 aliphatic rings. The normalized spacial score (nSPS) is 10.6. The Morgan fingerprint density at radius 2 is 1.88 bits per heavy atom. The van der Waals surface area contributed by atoms with Crippen molar-refractivity contribution in [3.63, 3.8) is 0 Å². The van der Waals surface area contributed by atoms with E-state index in [1.165, 1.54) is 12.1 Å². The molecule has 0 heterocycles. The van der Waals surface area contributed by atoms with Crippen molar-refractivity contribution in [3.05, 3.63) is 59.9 Å². The molecule has 0 spiro atoms. The summed E-state index contributed by atoms with van der Waals surface area (Å²) in [7, 11) is 3.49. The summed E-state index contributed by atoms with van der Waals surface area (Å²) in [6, 6.07) is 13.6. The number of carbonyl (C=O) groups excluding carboxylic acids is 1. The standard InChI is InChI=1S/C20H25FN2O3/c1-23(13-14-26-18-9-7-17(21)8-10-18)15-20(24)22-12-11-16-5-3-4-6-19(16)25-2/h3-10H,11-15H2,1-2H3,(H,22,24). The molecule has 2 aromatic rings. The average Bonchev–Trinajstić information content (AvgIpc) is 2.63. The molecule has 0 unspecified atom stereocenters. The number of rotatable bonds is 10. The molecule has 1 amide bonds. The number of methoxy groups -OCH3 is 1. The predicted molar refractivity (Wildman–Crippen MR) is 99.1 cm³/mol. The minimum absolute atomic E-state index is 0.0378. The zero-order chi connectivity index (χ0) is 18.8. The molecule has 0 aromatic heterocycles. The maximum Gasteiger partial charge on any atom is 0.234 e. The van der Waals surface area contributed by atoms with E-state index in [4.69, 9.17) is 9.47 Å². The van der Waals surface area contributed by atoms with Crippen molar-refractivity contribution in [1.29, 1.82) is 0 Å². The van der Waals surface area contributed by atoms with Crippen LogP contribution in [0.5, 0.6) is 11.5 Å². The van der Waals surface area contributed by atoms with Crippen molar-refractivity contribution in [2.24, 2.45) is 0 Å². The first-order valence-corrected chi connectivity index (χ1v) is 8.54. The Bertz CT molecular complexity index is 692. The molecule has 5 nitrogen and oxygen atoms in total. The molecule has 0 bridgehead atoms. The maximum atomic E-state index is 12.8. The minimum Gasteiger partial charge on any atom is -0.496 e. The second-order valence-electron chi connectivity index (χ2n) is 5.95. The highest BCUT2D eigenvalue weighted by molar-refractivity contribution is 5.77. The van der Waals surface area contributed by atoms with Gasteiger partial charge in [-0.1, -0.05) is 18.2 Å². The molecule has 140 valence electrons. The average molecular weight is 360 g/mol. The van der Waals surface area contributed by atoms with Crippen molar-refractivity contribution in [3.8, 4) is 11.5 Å². The van der Waals surface area contributed by atoms with Crippen LogP contribution < -0.4 is 14.8 Å². The minimum atomic E-state index is -0.292. The Balaban J connectivity index is 1.63. The van der Waals surface area contributed by atoms with Gasteiger partial charge in [0.15, 0.2) is 0 Å². The summed E-state index contributed by atoms with van der Waals surface area (Å²) in [5.74, 6) is 1.11. The van der Waals surface area contributed by atoms with Crippen LogP contribution in [0.25, 0.3) is 0 Å².